The van der Waals surface area contributed by atoms with Crippen molar-refractivity contribution < 1.29 is 9.18 Å². The van der Waals surface area contributed by atoms with E-state index in [1.807, 2.05) is 20.8 Å². The SMILES string of the molecule is CCCC(C)(C)NC(=O)c1cc(N)cc(C)c1F. The molecule has 0 aromatic heterocycles. The van der Waals surface area contributed by atoms with Crippen molar-refractivity contribution in [3.05, 3.63) is 29.1 Å². The number of aryl methyl sites for hydroxylation is 1. The van der Waals surface area contributed by atoms with Crippen LogP contribution < -0.4 is 11.1 Å². The predicted octanol–water partition coefficient (Wildman–Crippen LogP) is 3.02. The summed E-state index contributed by atoms with van der Waals surface area (Å²) in [5.74, 6) is -0.921. The van der Waals surface area contributed by atoms with Crippen LogP contribution in [0.3, 0.4) is 0 Å². The second kappa shape index (κ2) is 5.38. The topological polar surface area (TPSA) is 55.1 Å². The molecule has 0 bridgehead atoms. The van der Waals surface area contributed by atoms with Gasteiger partial charge in [0.15, 0.2) is 0 Å². The van der Waals surface area contributed by atoms with Gasteiger partial charge in [-0.3, -0.25) is 4.79 Å². The van der Waals surface area contributed by atoms with Crippen molar-refractivity contribution in [2.75, 3.05) is 5.73 Å². The lowest BCUT2D eigenvalue weighted by Crippen LogP contribution is -2.43. The number of rotatable bonds is 4. The summed E-state index contributed by atoms with van der Waals surface area (Å²) < 4.78 is 13.9. The van der Waals surface area contributed by atoms with Crippen LogP contribution >= 0.6 is 0 Å². The fourth-order valence-corrected chi connectivity index (χ4v) is 2.02. The minimum Gasteiger partial charge on any atom is -0.399 e. The first kappa shape index (κ1) is 14.5. The third-order valence-electron chi connectivity index (χ3n) is 2.85. The Morgan fingerprint density at radius 2 is 2.06 bits per heavy atom. The molecule has 1 aromatic rings. The molecule has 0 saturated carbocycles. The van der Waals surface area contributed by atoms with Crippen molar-refractivity contribution in [3.63, 3.8) is 0 Å². The van der Waals surface area contributed by atoms with Crippen LogP contribution in [0.2, 0.25) is 0 Å². The van der Waals surface area contributed by atoms with E-state index >= 15 is 0 Å². The number of carbonyl (C=O) groups excluding carboxylic acids is 1. The molecular weight excluding hydrogens is 231 g/mol. The molecule has 0 radical (unpaired) electrons. The average molecular weight is 252 g/mol. The number of nitrogen functional groups attached to an aromatic ring is 1. The van der Waals surface area contributed by atoms with Crippen molar-refractivity contribution in [2.45, 2.75) is 46.1 Å². The van der Waals surface area contributed by atoms with Crippen molar-refractivity contribution in [1.29, 1.82) is 0 Å². The summed E-state index contributed by atoms with van der Waals surface area (Å²) in [7, 11) is 0. The molecular formula is C14H21FN2O. The summed E-state index contributed by atoms with van der Waals surface area (Å²) >= 11 is 0. The van der Waals surface area contributed by atoms with E-state index in [0.29, 0.717) is 11.3 Å². The molecule has 0 fully saturated rings. The standard InChI is InChI=1S/C14H21FN2O/c1-5-6-14(3,4)17-13(18)11-8-10(16)7-9(2)12(11)15/h7-8H,5-6,16H2,1-4H3,(H,17,18). The van der Waals surface area contributed by atoms with Gasteiger partial charge in [0.25, 0.3) is 5.91 Å². The van der Waals surface area contributed by atoms with Crippen molar-refractivity contribution in [2.24, 2.45) is 0 Å². The highest BCUT2D eigenvalue weighted by Gasteiger charge is 2.22. The van der Waals surface area contributed by atoms with Gasteiger partial charge in [0.2, 0.25) is 0 Å². The van der Waals surface area contributed by atoms with Gasteiger partial charge in [-0.1, -0.05) is 13.3 Å². The van der Waals surface area contributed by atoms with E-state index in [1.165, 1.54) is 12.1 Å². The smallest absolute Gasteiger partial charge is 0.254 e. The van der Waals surface area contributed by atoms with E-state index in [4.69, 9.17) is 5.73 Å². The molecule has 0 heterocycles. The van der Waals surface area contributed by atoms with Crippen LogP contribution in [0.15, 0.2) is 12.1 Å². The van der Waals surface area contributed by atoms with E-state index in [1.54, 1.807) is 6.92 Å². The zero-order valence-electron chi connectivity index (χ0n) is 11.4. The molecule has 100 valence electrons. The maximum absolute atomic E-state index is 13.9. The second-order valence-electron chi connectivity index (χ2n) is 5.29. The Balaban J connectivity index is 2.98. The fraction of sp³-hybridized carbons (Fsp3) is 0.500. The first-order chi connectivity index (χ1) is 8.26. The van der Waals surface area contributed by atoms with Crippen LogP contribution in [-0.4, -0.2) is 11.4 Å². The molecule has 3 N–H and O–H groups in total. The second-order valence-corrected chi connectivity index (χ2v) is 5.29. The summed E-state index contributed by atoms with van der Waals surface area (Å²) in [5, 5.41) is 2.83. The molecule has 1 amide bonds. The number of hydrogen-bond acceptors (Lipinski definition) is 2. The Kier molecular flexibility index (Phi) is 4.33. The molecule has 0 aliphatic rings. The van der Waals surface area contributed by atoms with E-state index in [-0.39, 0.29) is 11.1 Å². The number of halogens is 1. The van der Waals surface area contributed by atoms with Crippen LogP contribution in [0.4, 0.5) is 10.1 Å². The third-order valence-corrected chi connectivity index (χ3v) is 2.85. The summed E-state index contributed by atoms with van der Waals surface area (Å²) in [4.78, 5) is 12.1. The number of carbonyl (C=O) groups is 1. The third kappa shape index (κ3) is 3.45. The van der Waals surface area contributed by atoms with Gasteiger partial charge < -0.3 is 11.1 Å². The van der Waals surface area contributed by atoms with Gasteiger partial charge in [0.05, 0.1) is 5.56 Å². The van der Waals surface area contributed by atoms with Gasteiger partial charge >= 0.3 is 0 Å². The Labute approximate surface area is 108 Å². The molecule has 0 saturated heterocycles. The summed E-state index contributed by atoms with van der Waals surface area (Å²) in [6.45, 7) is 7.48. The van der Waals surface area contributed by atoms with Gasteiger partial charge in [-0.2, -0.15) is 0 Å². The first-order valence-electron chi connectivity index (χ1n) is 6.15. The maximum atomic E-state index is 13.9. The zero-order chi connectivity index (χ0) is 13.9. The van der Waals surface area contributed by atoms with E-state index in [0.717, 1.165) is 12.8 Å². The lowest BCUT2D eigenvalue weighted by atomic mass is 9.98. The van der Waals surface area contributed by atoms with Gasteiger partial charge in [-0.15, -0.1) is 0 Å². The van der Waals surface area contributed by atoms with Gasteiger partial charge in [0.1, 0.15) is 5.82 Å². The first-order valence-corrected chi connectivity index (χ1v) is 6.15. The summed E-state index contributed by atoms with van der Waals surface area (Å²) in [5.41, 5.74) is 6.08. The zero-order valence-corrected chi connectivity index (χ0v) is 11.4. The molecule has 18 heavy (non-hydrogen) atoms. The van der Waals surface area contributed by atoms with Crippen molar-refractivity contribution >= 4 is 11.6 Å². The lowest BCUT2D eigenvalue weighted by Gasteiger charge is -2.26. The molecule has 1 aromatic carbocycles. The Morgan fingerprint density at radius 3 is 2.61 bits per heavy atom. The van der Waals surface area contributed by atoms with Crippen LogP contribution in [0, 0.1) is 12.7 Å². The number of amides is 1. The Hall–Kier alpha value is -1.58. The van der Waals surface area contributed by atoms with Crippen molar-refractivity contribution in [1.82, 2.24) is 5.32 Å². The predicted molar refractivity (Wildman–Crippen MR) is 72.0 cm³/mol. The lowest BCUT2D eigenvalue weighted by molar-refractivity contribution is 0.0904. The minimum atomic E-state index is -0.506. The number of nitrogens with one attached hydrogen (secondary N) is 1. The number of anilines is 1. The van der Waals surface area contributed by atoms with Crippen LogP contribution in [0.25, 0.3) is 0 Å². The quantitative estimate of drug-likeness (QED) is 0.809. The molecule has 0 spiro atoms. The highest BCUT2D eigenvalue weighted by Crippen LogP contribution is 2.19. The molecule has 0 unspecified atom stereocenters. The maximum Gasteiger partial charge on any atom is 0.254 e. The Morgan fingerprint density at radius 1 is 1.44 bits per heavy atom. The largest absolute Gasteiger partial charge is 0.399 e. The monoisotopic (exact) mass is 252 g/mol. The van der Waals surface area contributed by atoms with E-state index in [9.17, 15) is 9.18 Å². The molecule has 0 aliphatic heterocycles. The van der Waals surface area contributed by atoms with Gasteiger partial charge in [0, 0.05) is 11.2 Å². The van der Waals surface area contributed by atoms with Gasteiger partial charge in [-0.05, 0) is 44.9 Å². The molecule has 3 nitrogen and oxygen atoms in total. The number of benzene rings is 1. The Bertz CT molecular complexity index is 455. The average Bonchev–Trinajstić information content (AvgIpc) is 2.22. The molecule has 0 aliphatic carbocycles. The van der Waals surface area contributed by atoms with E-state index < -0.39 is 11.7 Å². The highest BCUT2D eigenvalue weighted by molar-refractivity contribution is 5.96. The van der Waals surface area contributed by atoms with Crippen LogP contribution in [0.5, 0.6) is 0 Å². The van der Waals surface area contributed by atoms with Gasteiger partial charge in [-0.25, -0.2) is 4.39 Å². The number of nitrogens with two attached hydrogens (primary N) is 1. The van der Waals surface area contributed by atoms with Crippen molar-refractivity contribution in [3.8, 4) is 0 Å². The van der Waals surface area contributed by atoms with Crippen LogP contribution in [0.1, 0.15) is 49.5 Å². The normalized spacial score (nSPS) is 11.4. The highest BCUT2D eigenvalue weighted by atomic mass is 19.1. The molecule has 4 heteroatoms. The summed E-state index contributed by atoms with van der Waals surface area (Å²) in [6, 6.07) is 2.89. The fourth-order valence-electron chi connectivity index (χ4n) is 2.02. The number of hydrogen-bond donors (Lipinski definition) is 2. The minimum absolute atomic E-state index is 0.0108. The molecule has 0 atom stereocenters. The molecule has 1 rings (SSSR count). The van der Waals surface area contributed by atoms with E-state index in [2.05, 4.69) is 5.32 Å². The van der Waals surface area contributed by atoms with Crippen LogP contribution in [-0.2, 0) is 0 Å². The summed E-state index contributed by atoms with van der Waals surface area (Å²) in [6.07, 6.45) is 1.79.